The maximum atomic E-state index is 12.4. The number of nitrogens with one attached hydrogen (secondary N) is 1. The quantitative estimate of drug-likeness (QED) is 0.144. The van der Waals surface area contributed by atoms with Gasteiger partial charge in [0.25, 0.3) is 11.6 Å². The van der Waals surface area contributed by atoms with Crippen LogP contribution in [-0.2, 0) is 4.79 Å². The molecule has 0 bridgehead atoms. The molecule has 0 fully saturated rings. The van der Waals surface area contributed by atoms with Gasteiger partial charge in [0.2, 0.25) is 0 Å². The molecule has 0 spiro atoms. The van der Waals surface area contributed by atoms with E-state index < -0.39 is 10.8 Å². The van der Waals surface area contributed by atoms with Crippen molar-refractivity contribution < 1.29 is 19.2 Å². The number of nitro groups is 1. The number of hydrazone groups is 1. The first-order valence-electron chi connectivity index (χ1n) is 10.9. The monoisotopic (exact) mass is 518 g/mol. The molecule has 0 aliphatic heterocycles. The number of nitro benzene ring substituents is 1. The number of thioether (sulfide) groups is 1. The van der Waals surface area contributed by atoms with Crippen molar-refractivity contribution in [1.29, 1.82) is 0 Å². The Balaban J connectivity index is 1.53. The van der Waals surface area contributed by atoms with Crippen molar-refractivity contribution in [3.8, 4) is 28.6 Å². The van der Waals surface area contributed by atoms with Gasteiger partial charge in [0, 0.05) is 17.3 Å². The fourth-order valence-electron chi connectivity index (χ4n) is 3.35. The van der Waals surface area contributed by atoms with Gasteiger partial charge in [-0.05, 0) is 54.6 Å². The Kier molecular flexibility index (Phi) is 8.11. The summed E-state index contributed by atoms with van der Waals surface area (Å²) in [5.74, 6) is 1.59. The van der Waals surface area contributed by atoms with E-state index in [2.05, 4.69) is 20.7 Å². The lowest BCUT2D eigenvalue weighted by Gasteiger charge is -2.11. The van der Waals surface area contributed by atoms with Gasteiger partial charge < -0.3 is 9.47 Å². The van der Waals surface area contributed by atoms with Crippen LogP contribution in [0, 0.1) is 10.1 Å². The molecule has 3 aromatic carbocycles. The number of aromatic nitrogens is 3. The summed E-state index contributed by atoms with van der Waals surface area (Å²) in [6, 6.07) is 20.9. The minimum Gasteiger partial charge on any atom is -0.497 e. The molecule has 188 valence electrons. The molecule has 1 N–H and O–H groups in total. The van der Waals surface area contributed by atoms with Gasteiger partial charge in [0.1, 0.15) is 11.5 Å². The van der Waals surface area contributed by atoms with Crippen LogP contribution in [0.1, 0.15) is 5.56 Å². The van der Waals surface area contributed by atoms with Gasteiger partial charge in [-0.2, -0.15) is 5.10 Å². The van der Waals surface area contributed by atoms with E-state index in [1.807, 2.05) is 53.1 Å². The summed E-state index contributed by atoms with van der Waals surface area (Å²) in [4.78, 5) is 23.1. The molecule has 37 heavy (non-hydrogen) atoms. The summed E-state index contributed by atoms with van der Waals surface area (Å²) in [7, 11) is 3.19. The molecule has 4 aromatic rings. The number of hydrogen-bond acceptors (Lipinski definition) is 9. The lowest BCUT2D eigenvalue weighted by Crippen LogP contribution is -2.20. The largest absolute Gasteiger partial charge is 0.497 e. The zero-order chi connectivity index (χ0) is 26.2. The van der Waals surface area contributed by atoms with Gasteiger partial charge in [0.05, 0.1) is 36.7 Å². The Labute approximate surface area is 216 Å². The first kappa shape index (κ1) is 25.4. The van der Waals surface area contributed by atoms with E-state index in [1.54, 1.807) is 32.4 Å². The molecule has 0 aliphatic carbocycles. The van der Waals surface area contributed by atoms with Crippen LogP contribution in [0.2, 0.25) is 0 Å². The first-order valence-corrected chi connectivity index (χ1v) is 11.9. The number of rotatable bonds is 10. The predicted octanol–water partition coefficient (Wildman–Crippen LogP) is 4.10. The second-order valence-electron chi connectivity index (χ2n) is 7.47. The Hall–Kier alpha value is -4.71. The molecule has 4 rings (SSSR count). The Bertz CT molecular complexity index is 1420. The van der Waals surface area contributed by atoms with Crippen molar-refractivity contribution in [2.45, 2.75) is 5.16 Å². The highest BCUT2D eigenvalue weighted by Gasteiger charge is 2.18. The van der Waals surface area contributed by atoms with Crippen molar-refractivity contribution in [1.82, 2.24) is 20.2 Å². The molecular weight excluding hydrogens is 496 g/mol. The van der Waals surface area contributed by atoms with Crippen LogP contribution in [0.25, 0.3) is 17.1 Å². The Morgan fingerprint density at radius 3 is 2.32 bits per heavy atom. The predicted molar refractivity (Wildman–Crippen MR) is 139 cm³/mol. The lowest BCUT2D eigenvalue weighted by molar-refractivity contribution is -0.385. The standard InChI is InChI=1S/C25H22N6O5S/c1-35-20-11-7-17(8-12-20)24-28-29-25(30(24)19-9-13-21(36-2)14-10-19)37-16-23(32)27-26-15-18-5-3-4-6-22(18)31(33)34/h3-15H,16H2,1-2H3,(H,27,32)/b26-15-. The zero-order valence-corrected chi connectivity index (χ0v) is 20.7. The number of carbonyl (C=O) groups is 1. The number of para-hydroxylation sites is 1. The number of hydrogen-bond donors (Lipinski definition) is 1. The summed E-state index contributed by atoms with van der Waals surface area (Å²) >= 11 is 1.18. The summed E-state index contributed by atoms with van der Waals surface area (Å²) < 4.78 is 12.4. The zero-order valence-electron chi connectivity index (χ0n) is 19.9. The fourth-order valence-corrected chi connectivity index (χ4v) is 4.10. The minimum absolute atomic E-state index is 0.00881. The van der Waals surface area contributed by atoms with Crippen LogP contribution in [-0.4, -0.2) is 51.8 Å². The maximum absolute atomic E-state index is 12.4. The average molecular weight is 519 g/mol. The van der Waals surface area contributed by atoms with Gasteiger partial charge in [0.15, 0.2) is 11.0 Å². The third-order valence-corrected chi connectivity index (χ3v) is 6.10. The van der Waals surface area contributed by atoms with E-state index in [-0.39, 0.29) is 17.0 Å². The Morgan fingerprint density at radius 2 is 1.68 bits per heavy atom. The lowest BCUT2D eigenvalue weighted by atomic mass is 10.2. The molecule has 12 heteroatoms. The summed E-state index contributed by atoms with van der Waals surface area (Å²) in [5.41, 5.74) is 4.17. The number of ether oxygens (including phenoxy) is 2. The van der Waals surface area contributed by atoms with Crippen LogP contribution >= 0.6 is 11.8 Å². The van der Waals surface area contributed by atoms with Gasteiger partial charge in [-0.3, -0.25) is 19.5 Å². The third kappa shape index (κ3) is 6.11. The van der Waals surface area contributed by atoms with Crippen molar-refractivity contribution in [3.63, 3.8) is 0 Å². The molecule has 1 heterocycles. The van der Waals surface area contributed by atoms with E-state index in [4.69, 9.17) is 9.47 Å². The molecule has 1 aromatic heterocycles. The van der Waals surface area contributed by atoms with E-state index in [0.717, 1.165) is 11.3 Å². The molecule has 0 unspecified atom stereocenters. The highest BCUT2D eigenvalue weighted by molar-refractivity contribution is 7.99. The molecule has 11 nitrogen and oxygen atoms in total. The van der Waals surface area contributed by atoms with Crippen molar-refractivity contribution in [3.05, 3.63) is 88.5 Å². The Morgan fingerprint density at radius 1 is 1.03 bits per heavy atom. The normalized spacial score (nSPS) is 10.9. The summed E-state index contributed by atoms with van der Waals surface area (Å²) in [6.45, 7) is 0. The van der Waals surface area contributed by atoms with Crippen LogP contribution in [0.5, 0.6) is 11.5 Å². The number of nitrogens with zero attached hydrogens (tertiary/aromatic N) is 5. The first-order chi connectivity index (χ1) is 18.0. The molecule has 0 aliphatic rings. The smallest absolute Gasteiger partial charge is 0.278 e. The van der Waals surface area contributed by atoms with Crippen LogP contribution < -0.4 is 14.9 Å². The van der Waals surface area contributed by atoms with E-state index >= 15 is 0 Å². The molecule has 1 amide bonds. The summed E-state index contributed by atoms with van der Waals surface area (Å²) in [6.07, 6.45) is 1.24. The average Bonchev–Trinajstić information content (AvgIpc) is 3.36. The second kappa shape index (κ2) is 11.8. The van der Waals surface area contributed by atoms with Crippen molar-refractivity contribution >= 4 is 29.6 Å². The third-order valence-electron chi connectivity index (χ3n) is 5.17. The molecule has 0 saturated carbocycles. The van der Waals surface area contributed by atoms with Crippen molar-refractivity contribution in [2.75, 3.05) is 20.0 Å². The topological polar surface area (TPSA) is 134 Å². The van der Waals surface area contributed by atoms with E-state index in [0.29, 0.717) is 22.5 Å². The number of benzene rings is 3. The van der Waals surface area contributed by atoms with Gasteiger partial charge in [-0.15, -0.1) is 10.2 Å². The van der Waals surface area contributed by atoms with Crippen LogP contribution in [0.3, 0.4) is 0 Å². The highest BCUT2D eigenvalue weighted by Crippen LogP contribution is 2.29. The van der Waals surface area contributed by atoms with Gasteiger partial charge >= 0.3 is 0 Å². The van der Waals surface area contributed by atoms with Gasteiger partial charge in [-0.1, -0.05) is 23.9 Å². The summed E-state index contributed by atoms with van der Waals surface area (Å²) in [5, 5.41) is 24.1. The number of methoxy groups -OCH3 is 2. The molecule has 0 saturated heterocycles. The maximum Gasteiger partial charge on any atom is 0.278 e. The molecule has 0 radical (unpaired) electrons. The van der Waals surface area contributed by atoms with Crippen molar-refractivity contribution in [2.24, 2.45) is 5.10 Å². The molecule has 0 atom stereocenters. The molecular formula is C25H22N6O5S. The minimum atomic E-state index is -0.509. The van der Waals surface area contributed by atoms with Crippen LogP contribution in [0.15, 0.2) is 83.1 Å². The fraction of sp³-hybridized carbons (Fsp3) is 0.120. The SMILES string of the molecule is COc1ccc(-c2nnc(SCC(=O)N/N=C\c3ccccc3[N+](=O)[O-])n2-c2ccc(OC)cc2)cc1. The van der Waals surface area contributed by atoms with E-state index in [9.17, 15) is 14.9 Å². The van der Waals surface area contributed by atoms with Gasteiger partial charge in [-0.25, -0.2) is 5.43 Å². The van der Waals surface area contributed by atoms with Crippen LogP contribution in [0.4, 0.5) is 5.69 Å². The van der Waals surface area contributed by atoms with E-state index in [1.165, 1.54) is 24.0 Å². The number of amides is 1. The highest BCUT2D eigenvalue weighted by atomic mass is 32.2. The number of carbonyl (C=O) groups excluding carboxylic acids is 1. The second-order valence-corrected chi connectivity index (χ2v) is 8.41.